The largest absolute Gasteiger partial charge is 0.480 e. The molecule has 0 aliphatic carbocycles. The topological polar surface area (TPSA) is 66.8 Å². The van der Waals surface area contributed by atoms with Gasteiger partial charge in [0.05, 0.1) is 6.61 Å². The summed E-state index contributed by atoms with van der Waals surface area (Å²) in [5.74, 6) is -0.586. The maximum atomic E-state index is 12.0. The van der Waals surface area contributed by atoms with E-state index in [1.807, 2.05) is 24.3 Å². The van der Waals surface area contributed by atoms with Gasteiger partial charge in [0, 0.05) is 35.2 Å². The number of thioether (sulfide) groups is 1. The normalized spacial score (nSPS) is 10.4. The minimum absolute atomic E-state index is 0.172. The van der Waals surface area contributed by atoms with Gasteiger partial charge in [-0.25, -0.2) is 0 Å². The molecule has 0 heterocycles. The number of ether oxygens (including phenoxy) is 1. The molecule has 7 heteroatoms. The number of carbonyl (C=O) groups is 2. The van der Waals surface area contributed by atoms with Crippen molar-refractivity contribution in [2.45, 2.75) is 11.3 Å². The number of aliphatic carboxylic acids is 1. The number of methoxy groups -OCH3 is 1. The predicted molar refractivity (Wildman–Crippen MR) is 85.6 cm³/mol. The summed E-state index contributed by atoms with van der Waals surface area (Å²) in [7, 11) is 1.52. The average Bonchev–Trinajstić information content (AvgIpc) is 2.45. The summed E-state index contributed by atoms with van der Waals surface area (Å²) in [6.45, 7) is 0.333. The van der Waals surface area contributed by atoms with Crippen molar-refractivity contribution >= 4 is 39.6 Å². The Kier molecular flexibility index (Phi) is 8.41. The fraction of sp³-hybridized carbons (Fsp3) is 0.429. The van der Waals surface area contributed by atoms with Gasteiger partial charge in [-0.1, -0.05) is 12.1 Å². The molecule has 1 N–H and O–H groups in total. The number of carboxylic acids is 1. The third-order valence-electron chi connectivity index (χ3n) is 2.65. The highest BCUT2D eigenvalue weighted by atomic mass is 79.9. The van der Waals surface area contributed by atoms with Gasteiger partial charge in [0.2, 0.25) is 5.91 Å². The van der Waals surface area contributed by atoms with Crippen LogP contribution in [0.4, 0.5) is 0 Å². The van der Waals surface area contributed by atoms with Gasteiger partial charge in [-0.2, -0.15) is 0 Å². The number of amides is 1. The van der Waals surface area contributed by atoms with Gasteiger partial charge in [0.15, 0.2) is 0 Å². The zero-order valence-electron chi connectivity index (χ0n) is 11.8. The fourth-order valence-electron chi connectivity index (χ4n) is 1.62. The van der Waals surface area contributed by atoms with Crippen molar-refractivity contribution < 1.29 is 19.4 Å². The van der Waals surface area contributed by atoms with Crippen molar-refractivity contribution in [1.29, 1.82) is 0 Å². The monoisotopic (exact) mass is 375 g/mol. The van der Waals surface area contributed by atoms with Crippen LogP contribution in [-0.4, -0.2) is 54.4 Å². The van der Waals surface area contributed by atoms with Crippen molar-refractivity contribution in [3.8, 4) is 0 Å². The summed E-state index contributed by atoms with van der Waals surface area (Å²) in [6, 6.07) is 7.78. The predicted octanol–water partition coefficient (Wildman–Crippen LogP) is 2.49. The van der Waals surface area contributed by atoms with E-state index in [9.17, 15) is 9.59 Å². The number of rotatable bonds is 9. The lowest BCUT2D eigenvalue weighted by Crippen LogP contribution is -2.38. The molecule has 116 valence electrons. The summed E-state index contributed by atoms with van der Waals surface area (Å²) in [6.07, 6.45) is 0.295. The Morgan fingerprint density at radius 1 is 1.38 bits per heavy atom. The van der Waals surface area contributed by atoms with E-state index < -0.39 is 5.97 Å². The molecule has 0 spiro atoms. The minimum Gasteiger partial charge on any atom is -0.480 e. The lowest BCUT2D eigenvalue weighted by atomic mass is 10.3. The maximum Gasteiger partial charge on any atom is 0.323 e. The zero-order valence-corrected chi connectivity index (χ0v) is 14.2. The maximum absolute atomic E-state index is 12.0. The Morgan fingerprint density at radius 2 is 2.10 bits per heavy atom. The molecule has 1 amide bonds. The number of carbonyl (C=O) groups excluding carboxylic acids is 1. The number of nitrogens with zero attached hydrogens (tertiary/aromatic N) is 1. The third kappa shape index (κ3) is 6.97. The van der Waals surface area contributed by atoms with Crippen LogP contribution in [0.3, 0.4) is 0 Å². The molecule has 0 aliphatic rings. The molecule has 1 rings (SSSR count). The molecular weight excluding hydrogens is 358 g/mol. The first-order valence-electron chi connectivity index (χ1n) is 6.40. The molecule has 0 fully saturated rings. The van der Waals surface area contributed by atoms with Gasteiger partial charge < -0.3 is 14.7 Å². The minimum atomic E-state index is -1.02. The lowest BCUT2D eigenvalue weighted by Gasteiger charge is -2.20. The standard InChI is InChI=1S/C14H18BrNO4S/c1-20-8-7-16(10-14(18)19)13(17)6-9-21-12-5-3-2-4-11(12)15/h2-5H,6-10H2,1H3,(H,18,19). The van der Waals surface area contributed by atoms with E-state index in [0.717, 1.165) is 9.37 Å². The molecule has 5 nitrogen and oxygen atoms in total. The van der Waals surface area contributed by atoms with Crippen LogP contribution in [-0.2, 0) is 14.3 Å². The molecule has 0 aromatic heterocycles. The quantitative estimate of drug-likeness (QED) is 0.671. The van der Waals surface area contributed by atoms with Crippen molar-refractivity contribution in [1.82, 2.24) is 4.90 Å². The smallest absolute Gasteiger partial charge is 0.323 e. The van der Waals surface area contributed by atoms with Crippen LogP contribution in [0.1, 0.15) is 6.42 Å². The summed E-state index contributed by atoms with van der Waals surface area (Å²) >= 11 is 5.01. The lowest BCUT2D eigenvalue weighted by molar-refractivity contribution is -0.144. The van der Waals surface area contributed by atoms with Crippen molar-refractivity contribution in [2.24, 2.45) is 0 Å². The highest BCUT2D eigenvalue weighted by Crippen LogP contribution is 2.27. The van der Waals surface area contributed by atoms with Crippen LogP contribution < -0.4 is 0 Å². The van der Waals surface area contributed by atoms with Gasteiger partial charge in [0.1, 0.15) is 6.54 Å². The molecule has 0 bridgehead atoms. The Morgan fingerprint density at radius 3 is 2.71 bits per heavy atom. The van der Waals surface area contributed by atoms with E-state index in [1.54, 1.807) is 11.8 Å². The fourth-order valence-corrected chi connectivity index (χ4v) is 3.13. The van der Waals surface area contributed by atoms with Crippen molar-refractivity contribution in [3.05, 3.63) is 28.7 Å². The average molecular weight is 376 g/mol. The molecule has 21 heavy (non-hydrogen) atoms. The van der Waals surface area contributed by atoms with Gasteiger partial charge in [-0.05, 0) is 28.1 Å². The van der Waals surface area contributed by atoms with Crippen molar-refractivity contribution in [3.63, 3.8) is 0 Å². The molecule has 0 saturated heterocycles. The van der Waals surface area contributed by atoms with Gasteiger partial charge >= 0.3 is 5.97 Å². The number of benzene rings is 1. The summed E-state index contributed by atoms with van der Waals surface area (Å²) in [5, 5.41) is 8.83. The van der Waals surface area contributed by atoms with Crippen LogP contribution in [0.15, 0.2) is 33.6 Å². The van der Waals surface area contributed by atoms with Crippen LogP contribution in [0, 0.1) is 0 Å². The second kappa shape index (κ2) is 9.81. The van der Waals surface area contributed by atoms with E-state index >= 15 is 0 Å². The van der Waals surface area contributed by atoms with E-state index in [2.05, 4.69) is 15.9 Å². The zero-order chi connectivity index (χ0) is 15.7. The summed E-state index contributed by atoms with van der Waals surface area (Å²) in [5.41, 5.74) is 0. The second-order valence-electron chi connectivity index (χ2n) is 4.23. The Balaban J connectivity index is 2.45. The number of hydrogen-bond donors (Lipinski definition) is 1. The van der Waals surface area contributed by atoms with Crippen molar-refractivity contribution in [2.75, 3.05) is 32.6 Å². The third-order valence-corrected chi connectivity index (χ3v) is 4.68. The molecular formula is C14H18BrNO4S. The van der Waals surface area contributed by atoms with Gasteiger partial charge in [0.25, 0.3) is 0 Å². The van der Waals surface area contributed by atoms with Gasteiger partial charge in [-0.3, -0.25) is 9.59 Å². The van der Waals surface area contributed by atoms with Crippen LogP contribution in [0.2, 0.25) is 0 Å². The first-order chi connectivity index (χ1) is 10.0. The molecule has 0 unspecified atom stereocenters. The molecule has 0 atom stereocenters. The van der Waals surface area contributed by atoms with Crippen LogP contribution >= 0.6 is 27.7 Å². The Hall–Kier alpha value is -1.05. The number of carboxylic acid groups (broad SMARTS) is 1. The number of halogens is 1. The highest BCUT2D eigenvalue weighted by Gasteiger charge is 2.16. The first kappa shape index (κ1) is 18.0. The second-order valence-corrected chi connectivity index (χ2v) is 6.22. The van der Waals surface area contributed by atoms with E-state index in [-0.39, 0.29) is 12.5 Å². The molecule has 0 aliphatic heterocycles. The molecule has 0 radical (unpaired) electrons. The van der Waals surface area contributed by atoms with Crippen LogP contribution in [0.5, 0.6) is 0 Å². The van der Waals surface area contributed by atoms with E-state index in [1.165, 1.54) is 12.0 Å². The van der Waals surface area contributed by atoms with E-state index in [4.69, 9.17) is 9.84 Å². The molecule has 1 aromatic carbocycles. The first-order valence-corrected chi connectivity index (χ1v) is 8.18. The summed E-state index contributed by atoms with van der Waals surface area (Å²) < 4.78 is 5.89. The highest BCUT2D eigenvalue weighted by molar-refractivity contribution is 9.10. The molecule has 0 saturated carbocycles. The number of hydrogen-bond acceptors (Lipinski definition) is 4. The molecule has 1 aromatic rings. The van der Waals surface area contributed by atoms with E-state index in [0.29, 0.717) is 25.3 Å². The van der Waals surface area contributed by atoms with Crippen LogP contribution in [0.25, 0.3) is 0 Å². The SMILES string of the molecule is COCCN(CC(=O)O)C(=O)CCSc1ccccc1Br. The Bertz CT molecular complexity index is 484. The summed E-state index contributed by atoms with van der Waals surface area (Å²) in [4.78, 5) is 25.2. The van der Waals surface area contributed by atoms with Gasteiger partial charge in [-0.15, -0.1) is 11.8 Å². The Labute approximate surface area is 136 Å².